The molecule has 1 heterocycles. The van der Waals surface area contributed by atoms with Crippen LogP contribution in [-0.4, -0.2) is 57.2 Å². The summed E-state index contributed by atoms with van der Waals surface area (Å²) in [6.45, 7) is 13.2. The number of nitrogens with one attached hydrogen (secondary N) is 1. The number of aliphatic imine (C=N–C) groups is 1. The number of aromatic nitrogens is 3. The molecule has 9 nitrogen and oxygen atoms in total. The van der Waals surface area contributed by atoms with Crippen molar-refractivity contribution >= 4 is 23.4 Å². The molecule has 33 heavy (non-hydrogen) atoms. The van der Waals surface area contributed by atoms with Crippen molar-refractivity contribution in [2.75, 3.05) is 13.2 Å². The number of hydrogen-bond acceptors (Lipinski definition) is 7. The molecule has 3 N–H and O–H groups in total. The van der Waals surface area contributed by atoms with Gasteiger partial charge in [0.25, 0.3) is 0 Å². The normalized spacial score (nSPS) is 14.8. The minimum absolute atomic E-state index is 0.0948. The zero-order chi connectivity index (χ0) is 24.9. The molecule has 0 aliphatic heterocycles. The second-order valence-corrected chi connectivity index (χ2v) is 9.23. The molecule has 1 aromatic heterocycles. The van der Waals surface area contributed by atoms with Crippen molar-refractivity contribution in [2.45, 2.75) is 97.8 Å². The molecule has 1 aromatic rings. The minimum atomic E-state index is -0.489. The van der Waals surface area contributed by atoms with Gasteiger partial charge in [-0.2, -0.15) is 0 Å². The number of carbonyl (C=O) groups is 1. The molecule has 0 saturated heterocycles. The molecule has 0 bridgehead atoms. The van der Waals surface area contributed by atoms with Gasteiger partial charge in [0, 0.05) is 30.2 Å². The van der Waals surface area contributed by atoms with Gasteiger partial charge < -0.3 is 20.6 Å². The Labute approximate surface area is 198 Å². The number of unbranched alkanes of at least 4 members (excludes halogenated alkanes) is 1. The third-order valence-electron chi connectivity index (χ3n) is 5.68. The number of primary amides is 1. The van der Waals surface area contributed by atoms with Gasteiger partial charge in [0.05, 0.1) is 24.0 Å². The predicted molar refractivity (Wildman–Crippen MR) is 133 cm³/mol. The first kappa shape index (κ1) is 28.6. The molecule has 0 radical (unpaired) electrons. The lowest BCUT2D eigenvalue weighted by Gasteiger charge is -2.31. The first-order chi connectivity index (χ1) is 15.5. The fourth-order valence-electron chi connectivity index (χ4n) is 2.98. The van der Waals surface area contributed by atoms with E-state index in [9.17, 15) is 4.79 Å². The van der Waals surface area contributed by atoms with Crippen molar-refractivity contribution in [3.63, 3.8) is 0 Å². The SMILES string of the molecule is CCCC/C(C)=N/C=C(\C=N)c1cn(CCC(C)(CC)OCCC(C)(C)OCC(N)=O)nn1. The Hall–Kier alpha value is -2.39. The molecule has 9 heteroatoms. The van der Waals surface area contributed by atoms with Gasteiger partial charge in [0.2, 0.25) is 5.91 Å². The Morgan fingerprint density at radius 1 is 1.27 bits per heavy atom. The predicted octanol–water partition coefficient (Wildman–Crippen LogP) is 4.17. The molecule has 1 rings (SSSR count). The zero-order valence-electron chi connectivity index (χ0n) is 21.2. The number of ether oxygens (including phenoxy) is 2. The fraction of sp³-hybridized carbons (Fsp3) is 0.708. The zero-order valence-corrected chi connectivity index (χ0v) is 21.2. The van der Waals surface area contributed by atoms with Gasteiger partial charge >= 0.3 is 0 Å². The lowest BCUT2D eigenvalue weighted by atomic mass is 9.98. The molecule has 1 unspecified atom stereocenters. The average Bonchev–Trinajstić information content (AvgIpc) is 3.24. The molecule has 0 spiro atoms. The van der Waals surface area contributed by atoms with E-state index in [4.69, 9.17) is 20.6 Å². The highest BCUT2D eigenvalue weighted by Crippen LogP contribution is 2.23. The van der Waals surface area contributed by atoms with Gasteiger partial charge in [-0.15, -0.1) is 5.10 Å². The first-order valence-electron chi connectivity index (χ1n) is 11.7. The number of aryl methyl sites for hydroxylation is 1. The Morgan fingerprint density at radius 2 is 2.00 bits per heavy atom. The van der Waals surface area contributed by atoms with Gasteiger partial charge in [-0.1, -0.05) is 25.5 Å². The lowest BCUT2D eigenvalue weighted by molar-refractivity contribution is -0.131. The monoisotopic (exact) mass is 462 g/mol. The van der Waals surface area contributed by atoms with E-state index in [2.05, 4.69) is 36.1 Å². The number of amides is 1. The van der Waals surface area contributed by atoms with E-state index in [-0.39, 0.29) is 12.2 Å². The Balaban J connectivity index is 2.66. The van der Waals surface area contributed by atoms with Crippen LogP contribution < -0.4 is 5.73 Å². The van der Waals surface area contributed by atoms with Crippen molar-refractivity contribution in [2.24, 2.45) is 10.7 Å². The van der Waals surface area contributed by atoms with E-state index >= 15 is 0 Å². The Kier molecular flexibility index (Phi) is 12.2. The standard InChI is InChI=1S/C24H42N6O3/c1-7-9-10-19(3)27-16-20(15-25)21-17-30(29-28-21)13-11-24(6,8-2)32-14-12-23(4,5)33-18-22(26)31/h15-17,25H,7-14,18H2,1-6H3,(H2,26,31)/b20-16+,25-15?,27-19+. The van der Waals surface area contributed by atoms with E-state index < -0.39 is 11.5 Å². The van der Waals surface area contributed by atoms with E-state index in [0.717, 1.165) is 37.8 Å². The Bertz CT molecular complexity index is 815. The number of allylic oxidation sites excluding steroid dienone is 1. The number of nitrogens with zero attached hydrogens (tertiary/aromatic N) is 4. The van der Waals surface area contributed by atoms with Gasteiger partial charge in [-0.25, -0.2) is 0 Å². The fourth-order valence-corrected chi connectivity index (χ4v) is 2.98. The summed E-state index contributed by atoms with van der Waals surface area (Å²) in [6, 6.07) is 0. The van der Waals surface area contributed by atoms with Crippen molar-refractivity contribution in [1.82, 2.24) is 15.0 Å². The van der Waals surface area contributed by atoms with E-state index in [1.807, 2.05) is 27.0 Å². The second kappa shape index (κ2) is 14.0. The molecule has 0 fully saturated rings. The van der Waals surface area contributed by atoms with Crippen LogP contribution in [0.4, 0.5) is 0 Å². The topological polar surface area (TPSA) is 128 Å². The maximum absolute atomic E-state index is 10.9. The highest BCUT2D eigenvalue weighted by atomic mass is 16.5. The third kappa shape index (κ3) is 11.3. The number of rotatable bonds is 17. The number of hydrogen-bond donors (Lipinski definition) is 2. The second-order valence-electron chi connectivity index (χ2n) is 9.23. The van der Waals surface area contributed by atoms with Crippen LogP contribution in [-0.2, 0) is 20.8 Å². The van der Waals surface area contributed by atoms with Crippen molar-refractivity contribution in [3.8, 4) is 0 Å². The molecule has 0 saturated carbocycles. The van der Waals surface area contributed by atoms with Crippen LogP contribution in [0.5, 0.6) is 0 Å². The lowest BCUT2D eigenvalue weighted by Crippen LogP contribution is -2.35. The van der Waals surface area contributed by atoms with Gasteiger partial charge in [-0.3, -0.25) is 14.5 Å². The molecule has 186 valence electrons. The van der Waals surface area contributed by atoms with Crippen molar-refractivity contribution in [1.29, 1.82) is 5.41 Å². The summed E-state index contributed by atoms with van der Waals surface area (Å²) < 4.78 is 13.5. The summed E-state index contributed by atoms with van der Waals surface area (Å²) in [5, 5.41) is 16.1. The van der Waals surface area contributed by atoms with Crippen LogP contribution in [0, 0.1) is 5.41 Å². The van der Waals surface area contributed by atoms with Crippen LogP contribution in [0.2, 0.25) is 0 Å². The number of nitrogens with two attached hydrogens (primary N) is 1. The summed E-state index contributed by atoms with van der Waals surface area (Å²) in [7, 11) is 0. The molecular formula is C24H42N6O3. The van der Waals surface area contributed by atoms with Crippen LogP contribution >= 0.6 is 0 Å². The smallest absolute Gasteiger partial charge is 0.243 e. The molecule has 1 atom stereocenters. The molecule has 0 aliphatic rings. The molecule has 0 aromatic carbocycles. The van der Waals surface area contributed by atoms with Crippen LogP contribution in [0.15, 0.2) is 17.4 Å². The van der Waals surface area contributed by atoms with Gasteiger partial charge in [0.15, 0.2) is 0 Å². The summed E-state index contributed by atoms with van der Waals surface area (Å²) >= 11 is 0. The highest BCUT2D eigenvalue weighted by Gasteiger charge is 2.26. The summed E-state index contributed by atoms with van der Waals surface area (Å²) in [5.74, 6) is -0.478. The summed E-state index contributed by atoms with van der Waals surface area (Å²) in [4.78, 5) is 15.4. The quantitative estimate of drug-likeness (QED) is 0.336. The maximum Gasteiger partial charge on any atom is 0.243 e. The average molecular weight is 463 g/mol. The van der Waals surface area contributed by atoms with E-state index in [1.54, 1.807) is 10.9 Å². The molecule has 0 aliphatic carbocycles. The van der Waals surface area contributed by atoms with E-state index in [1.165, 1.54) is 6.21 Å². The molecular weight excluding hydrogens is 420 g/mol. The highest BCUT2D eigenvalue weighted by molar-refractivity contribution is 6.07. The van der Waals surface area contributed by atoms with Gasteiger partial charge in [0.1, 0.15) is 12.3 Å². The number of carbonyl (C=O) groups excluding carboxylic acids is 1. The van der Waals surface area contributed by atoms with Crippen molar-refractivity contribution in [3.05, 3.63) is 18.1 Å². The third-order valence-corrected chi connectivity index (χ3v) is 5.68. The van der Waals surface area contributed by atoms with Crippen molar-refractivity contribution < 1.29 is 14.3 Å². The minimum Gasteiger partial charge on any atom is -0.375 e. The van der Waals surface area contributed by atoms with Crippen LogP contribution in [0.3, 0.4) is 0 Å². The van der Waals surface area contributed by atoms with E-state index in [0.29, 0.717) is 30.8 Å². The summed E-state index contributed by atoms with van der Waals surface area (Å²) in [5.41, 5.74) is 6.65. The maximum atomic E-state index is 10.9. The first-order valence-corrected chi connectivity index (χ1v) is 11.7. The summed E-state index contributed by atoms with van der Waals surface area (Å²) in [6.07, 6.45) is 10.2. The van der Waals surface area contributed by atoms with Crippen LogP contribution in [0.25, 0.3) is 5.57 Å². The van der Waals surface area contributed by atoms with Gasteiger partial charge in [-0.05, 0) is 59.8 Å². The Morgan fingerprint density at radius 3 is 2.61 bits per heavy atom. The molecule has 1 amide bonds. The largest absolute Gasteiger partial charge is 0.375 e. The van der Waals surface area contributed by atoms with Crippen LogP contribution in [0.1, 0.15) is 85.8 Å².